The van der Waals surface area contributed by atoms with Crippen LogP contribution in [-0.2, 0) is 0 Å². The molecule has 0 aromatic heterocycles. The van der Waals surface area contributed by atoms with Gasteiger partial charge in [0.25, 0.3) is 5.69 Å². The van der Waals surface area contributed by atoms with E-state index in [9.17, 15) is 25.4 Å². The van der Waals surface area contributed by atoms with Crippen molar-refractivity contribution in [2.45, 2.75) is 44.8 Å². The molecule has 0 fully saturated rings. The molecule has 0 saturated carbocycles. The van der Waals surface area contributed by atoms with Crippen LogP contribution in [0.25, 0.3) is 6.08 Å². The molecule has 3 atom stereocenters. The minimum absolute atomic E-state index is 0.0585. The zero-order valence-corrected chi connectivity index (χ0v) is 19.0. The van der Waals surface area contributed by atoms with Crippen LogP contribution in [0.1, 0.15) is 49.8 Å². The first kappa shape index (κ1) is 24.8. The lowest BCUT2D eigenvalue weighted by Crippen LogP contribution is -2.25. The highest BCUT2D eigenvalue weighted by atomic mass is 79.9. The quantitative estimate of drug-likeness (QED) is 0.206. The third-order valence-electron chi connectivity index (χ3n) is 5.21. The third-order valence-corrected chi connectivity index (χ3v) is 5.70. The molecule has 2 rings (SSSR count). The van der Waals surface area contributed by atoms with Crippen molar-refractivity contribution in [2.75, 3.05) is 0 Å². The number of aromatic hydroxyl groups is 1. The maximum Gasteiger partial charge on any atom is 0.269 e. The van der Waals surface area contributed by atoms with Crippen molar-refractivity contribution in [3.63, 3.8) is 0 Å². The van der Waals surface area contributed by atoms with Gasteiger partial charge in [-0.2, -0.15) is 0 Å². The number of nitrogens with zero attached hydrogens (tertiary/aromatic N) is 1. The van der Waals surface area contributed by atoms with Gasteiger partial charge in [-0.05, 0) is 55.2 Å². The Kier molecular flexibility index (Phi) is 9.43. The molecule has 0 aliphatic rings. The number of nitro benzene ring substituents is 1. The number of phenolic OH excluding ortho intramolecular Hbond substituents is 1. The Morgan fingerprint density at radius 2 is 1.87 bits per heavy atom. The van der Waals surface area contributed by atoms with Crippen molar-refractivity contribution >= 4 is 27.7 Å². The Morgan fingerprint density at radius 3 is 2.45 bits per heavy atom. The molecule has 0 saturated heterocycles. The number of rotatable bonds is 11. The number of benzene rings is 2. The lowest BCUT2D eigenvalue weighted by Gasteiger charge is -2.25. The normalized spacial score (nSPS) is 14.6. The predicted molar refractivity (Wildman–Crippen MR) is 126 cm³/mol. The van der Waals surface area contributed by atoms with Crippen molar-refractivity contribution in [3.05, 3.63) is 86.4 Å². The second-order valence-corrected chi connectivity index (χ2v) is 8.38. The largest absolute Gasteiger partial charge is 0.507 e. The number of nitro groups is 1. The van der Waals surface area contributed by atoms with Gasteiger partial charge in [0.15, 0.2) is 0 Å². The zero-order valence-electron chi connectivity index (χ0n) is 17.4. The maximum absolute atomic E-state index is 10.8. The Labute approximate surface area is 190 Å². The number of allylic oxidation sites excluding steroid dienone is 1. The fourth-order valence-electron chi connectivity index (χ4n) is 3.49. The number of hydrogen-bond donors (Lipinski definition) is 3. The first-order chi connectivity index (χ1) is 14.8. The van der Waals surface area contributed by atoms with Crippen LogP contribution in [0.3, 0.4) is 0 Å². The number of halogens is 1. The molecule has 0 amide bonds. The summed E-state index contributed by atoms with van der Waals surface area (Å²) in [5.41, 5.74) is 2.22. The van der Waals surface area contributed by atoms with E-state index in [4.69, 9.17) is 0 Å². The molecule has 0 aliphatic heterocycles. The molecule has 0 heterocycles. The van der Waals surface area contributed by atoms with Crippen LogP contribution in [0, 0.1) is 16.0 Å². The summed E-state index contributed by atoms with van der Waals surface area (Å²) in [7, 11) is 0. The van der Waals surface area contributed by atoms with Gasteiger partial charge in [0.2, 0.25) is 0 Å². The molecule has 0 aliphatic carbocycles. The van der Waals surface area contributed by atoms with Crippen molar-refractivity contribution in [3.8, 4) is 5.75 Å². The first-order valence-electron chi connectivity index (χ1n) is 10.2. The van der Waals surface area contributed by atoms with E-state index in [1.807, 2.05) is 12.1 Å². The Hall–Kier alpha value is -2.48. The summed E-state index contributed by atoms with van der Waals surface area (Å²) in [5, 5.41) is 42.4. The van der Waals surface area contributed by atoms with Crippen LogP contribution in [0.2, 0.25) is 0 Å². The molecule has 3 N–H and O–H groups in total. The fourth-order valence-corrected chi connectivity index (χ4v) is 3.87. The molecule has 31 heavy (non-hydrogen) atoms. The van der Waals surface area contributed by atoms with E-state index in [0.717, 1.165) is 22.9 Å². The first-order valence-corrected chi connectivity index (χ1v) is 11.0. The van der Waals surface area contributed by atoms with Gasteiger partial charge in [-0.15, -0.1) is 6.58 Å². The molecule has 7 heteroatoms. The van der Waals surface area contributed by atoms with E-state index in [0.29, 0.717) is 24.0 Å². The van der Waals surface area contributed by atoms with Gasteiger partial charge in [-0.25, -0.2) is 0 Å². The van der Waals surface area contributed by atoms with E-state index in [-0.39, 0.29) is 11.4 Å². The average Bonchev–Trinajstić information content (AvgIpc) is 2.75. The smallest absolute Gasteiger partial charge is 0.269 e. The Balaban J connectivity index is 2.11. The molecule has 0 bridgehead atoms. The van der Waals surface area contributed by atoms with Gasteiger partial charge in [0.1, 0.15) is 5.75 Å². The minimum atomic E-state index is -1.03. The summed E-state index contributed by atoms with van der Waals surface area (Å²) in [6.45, 7) is 5.81. The second kappa shape index (κ2) is 11.8. The van der Waals surface area contributed by atoms with Crippen LogP contribution in [-0.4, -0.2) is 26.3 Å². The second-order valence-electron chi connectivity index (χ2n) is 7.47. The molecular weight excluding hydrogens is 462 g/mol. The minimum Gasteiger partial charge on any atom is -0.507 e. The van der Waals surface area contributed by atoms with Gasteiger partial charge in [0, 0.05) is 28.1 Å². The predicted octanol–water partition coefficient (Wildman–Crippen LogP) is 5.92. The van der Waals surface area contributed by atoms with Crippen LogP contribution in [0.5, 0.6) is 5.75 Å². The molecule has 166 valence electrons. The molecular formula is C24H28BrNO5. The highest BCUT2D eigenvalue weighted by Crippen LogP contribution is 2.31. The van der Waals surface area contributed by atoms with Crippen LogP contribution in [0.4, 0.5) is 5.69 Å². The topological polar surface area (TPSA) is 104 Å². The van der Waals surface area contributed by atoms with Crippen molar-refractivity contribution in [2.24, 2.45) is 5.92 Å². The Morgan fingerprint density at radius 1 is 1.19 bits per heavy atom. The van der Waals surface area contributed by atoms with Gasteiger partial charge in [-0.1, -0.05) is 47.0 Å². The highest BCUT2D eigenvalue weighted by Gasteiger charge is 2.26. The lowest BCUT2D eigenvalue weighted by molar-refractivity contribution is -0.384. The summed E-state index contributed by atoms with van der Waals surface area (Å²) >= 11 is 3.41. The molecule has 0 spiro atoms. The number of phenols is 1. The number of non-ortho nitro benzene ring substituents is 1. The van der Waals surface area contributed by atoms with Gasteiger partial charge in [-0.3, -0.25) is 10.1 Å². The molecule has 0 radical (unpaired) electrons. The van der Waals surface area contributed by atoms with Gasteiger partial charge >= 0.3 is 0 Å². The van der Waals surface area contributed by atoms with Crippen molar-refractivity contribution < 1.29 is 20.2 Å². The fraction of sp³-hybridized carbons (Fsp3) is 0.333. The van der Waals surface area contributed by atoms with Gasteiger partial charge in [0.05, 0.1) is 17.1 Å². The van der Waals surface area contributed by atoms with E-state index >= 15 is 0 Å². The highest BCUT2D eigenvalue weighted by molar-refractivity contribution is 9.10. The summed E-state index contributed by atoms with van der Waals surface area (Å²) in [6.07, 6.45) is 4.32. The molecule has 2 aromatic carbocycles. The van der Waals surface area contributed by atoms with Gasteiger partial charge < -0.3 is 15.3 Å². The Bertz CT molecular complexity index is 926. The third kappa shape index (κ3) is 7.02. The van der Waals surface area contributed by atoms with E-state index in [1.165, 1.54) is 30.3 Å². The number of aliphatic hydroxyl groups is 2. The van der Waals surface area contributed by atoms with Crippen molar-refractivity contribution in [1.29, 1.82) is 0 Å². The SMILES string of the molecule is C=C[C@H]([C@H](O)CC/C(=C/c1cc(Br)ccc1O)CCC)[C@H](O)c1ccc([N+](=O)[O-])cc1. The summed E-state index contributed by atoms with van der Waals surface area (Å²) in [4.78, 5) is 10.3. The van der Waals surface area contributed by atoms with Crippen LogP contribution >= 0.6 is 15.9 Å². The standard InChI is InChI=1S/C24H28BrNO5/c1-3-5-16(14-18-15-19(25)9-13-22(18)27)6-12-23(28)21(4-2)24(29)17-7-10-20(11-8-17)26(30)31/h4,7-11,13-15,21,23-24,27-29H,2-3,5-6,12H2,1H3/b16-14+/t21-,23-,24-/m1/s1. The van der Waals surface area contributed by atoms with E-state index in [1.54, 1.807) is 12.1 Å². The molecule has 6 nitrogen and oxygen atoms in total. The van der Waals surface area contributed by atoms with Crippen LogP contribution < -0.4 is 0 Å². The van der Waals surface area contributed by atoms with Crippen LogP contribution in [0.15, 0.2) is 65.2 Å². The summed E-state index contributed by atoms with van der Waals surface area (Å²) in [6, 6.07) is 10.9. The summed E-state index contributed by atoms with van der Waals surface area (Å²) < 4.78 is 0.866. The lowest BCUT2D eigenvalue weighted by atomic mass is 9.87. The number of hydrogen-bond acceptors (Lipinski definition) is 5. The average molecular weight is 490 g/mol. The van der Waals surface area contributed by atoms with E-state index < -0.39 is 23.0 Å². The monoisotopic (exact) mass is 489 g/mol. The van der Waals surface area contributed by atoms with Crippen molar-refractivity contribution in [1.82, 2.24) is 0 Å². The molecule has 0 unspecified atom stereocenters. The molecule has 2 aromatic rings. The maximum atomic E-state index is 10.8. The number of aliphatic hydroxyl groups excluding tert-OH is 2. The summed E-state index contributed by atoms with van der Waals surface area (Å²) in [5.74, 6) is -0.432. The zero-order chi connectivity index (χ0) is 23.0. The van der Waals surface area contributed by atoms with E-state index in [2.05, 4.69) is 29.4 Å².